The topological polar surface area (TPSA) is 75.2 Å². The Morgan fingerprint density at radius 1 is 1.38 bits per heavy atom. The Kier molecular flexibility index (Phi) is 2.80. The van der Waals surface area contributed by atoms with Gasteiger partial charge in [-0.2, -0.15) is 0 Å². The van der Waals surface area contributed by atoms with Crippen LogP contribution in [0, 0.1) is 6.92 Å². The van der Waals surface area contributed by atoms with Gasteiger partial charge < -0.3 is 10.2 Å². The van der Waals surface area contributed by atoms with Gasteiger partial charge in [0.1, 0.15) is 0 Å². The summed E-state index contributed by atoms with van der Waals surface area (Å²) in [5.74, 6) is -0.235. The van der Waals surface area contributed by atoms with Gasteiger partial charge in [-0.05, 0) is 6.92 Å². The van der Waals surface area contributed by atoms with Crippen LogP contribution in [0.4, 0.5) is 0 Å². The van der Waals surface area contributed by atoms with Crippen LogP contribution in [-0.4, -0.2) is 39.8 Å². The van der Waals surface area contributed by atoms with Crippen LogP contribution >= 0.6 is 0 Å². The van der Waals surface area contributed by atoms with Gasteiger partial charge in [0.2, 0.25) is 11.8 Å². The van der Waals surface area contributed by atoms with Crippen LogP contribution in [0.15, 0.2) is 12.4 Å². The quantitative estimate of drug-likeness (QED) is 0.711. The van der Waals surface area contributed by atoms with Gasteiger partial charge >= 0.3 is 0 Å². The first-order valence-corrected chi connectivity index (χ1v) is 4.97. The van der Waals surface area contributed by atoms with Gasteiger partial charge in [-0.3, -0.25) is 19.6 Å². The fraction of sp³-hybridized carbons (Fsp3) is 0.400. The zero-order valence-corrected chi connectivity index (χ0v) is 8.93. The highest BCUT2D eigenvalue weighted by atomic mass is 16.2. The van der Waals surface area contributed by atoms with Crippen molar-refractivity contribution in [2.75, 3.05) is 13.1 Å². The molecule has 2 rings (SSSR count). The lowest BCUT2D eigenvalue weighted by Crippen LogP contribution is -2.51. The third kappa shape index (κ3) is 2.33. The summed E-state index contributed by atoms with van der Waals surface area (Å²) in [6.45, 7) is 2.34. The molecule has 1 aromatic rings. The molecule has 0 spiro atoms. The summed E-state index contributed by atoms with van der Waals surface area (Å²) in [6.07, 6.45) is 3.26. The van der Waals surface area contributed by atoms with E-state index in [2.05, 4.69) is 15.3 Å². The molecule has 1 fully saturated rings. The number of aromatic nitrogens is 2. The number of carbonyl (C=O) groups is 2. The monoisotopic (exact) mass is 220 g/mol. The Hall–Kier alpha value is -1.98. The first-order chi connectivity index (χ1) is 7.65. The molecular formula is C10H12N4O2. The van der Waals surface area contributed by atoms with Crippen LogP contribution in [0.25, 0.3) is 0 Å². The Balaban J connectivity index is 2.05. The van der Waals surface area contributed by atoms with E-state index in [4.69, 9.17) is 0 Å². The second kappa shape index (κ2) is 4.26. The minimum atomic E-state index is -0.139. The van der Waals surface area contributed by atoms with Gasteiger partial charge in [-0.25, -0.2) is 0 Å². The third-order valence-electron chi connectivity index (χ3n) is 2.31. The highest BCUT2D eigenvalue weighted by Crippen LogP contribution is 2.03. The van der Waals surface area contributed by atoms with E-state index in [0.29, 0.717) is 12.2 Å². The summed E-state index contributed by atoms with van der Waals surface area (Å²) in [5.41, 5.74) is 1.51. The molecule has 1 aliphatic heterocycles. The van der Waals surface area contributed by atoms with Crippen LogP contribution in [0.2, 0.25) is 0 Å². The maximum Gasteiger partial charge on any atom is 0.242 e. The first-order valence-electron chi connectivity index (χ1n) is 4.97. The Bertz CT molecular complexity index is 415. The fourth-order valence-corrected chi connectivity index (χ4v) is 1.44. The van der Waals surface area contributed by atoms with E-state index in [0.717, 1.165) is 5.69 Å². The SMILES string of the molecule is Cc1cnc(CN2CC(=O)NCC2=O)cn1. The molecule has 0 aromatic carbocycles. The number of carbonyl (C=O) groups excluding carboxylic acids is 2. The van der Waals surface area contributed by atoms with Crippen molar-refractivity contribution in [1.29, 1.82) is 0 Å². The maximum atomic E-state index is 11.5. The van der Waals surface area contributed by atoms with Gasteiger partial charge in [0.25, 0.3) is 0 Å². The van der Waals surface area contributed by atoms with Gasteiger partial charge in [0, 0.05) is 6.20 Å². The second-order valence-electron chi connectivity index (χ2n) is 3.68. The average Bonchev–Trinajstić information content (AvgIpc) is 2.27. The summed E-state index contributed by atoms with van der Waals surface area (Å²) >= 11 is 0. The molecule has 2 amide bonds. The maximum absolute atomic E-state index is 11.5. The standard InChI is InChI=1S/C10H12N4O2/c1-7-2-12-8(3-11-7)5-14-6-9(15)13-4-10(14)16/h2-3H,4-6H2,1H3,(H,13,15). The van der Waals surface area contributed by atoms with Crippen LogP contribution in [0.1, 0.15) is 11.4 Å². The second-order valence-corrected chi connectivity index (χ2v) is 3.68. The Labute approximate surface area is 92.7 Å². The molecule has 0 atom stereocenters. The van der Waals surface area contributed by atoms with E-state index < -0.39 is 0 Å². The van der Waals surface area contributed by atoms with Gasteiger partial charge in [0.15, 0.2) is 0 Å². The van der Waals surface area contributed by atoms with Crippen LogP contribution in [0.3, 0.4) is 0 Å². The van der Waals surface area contributed by atoms with Crippen molar-refractivity contribution in [2.24, 2.45) is 0 Å². The van der Waals surface area contributed by atoms with Crippen molar-refractivity contribution < 1.29 is 9.59 Å². The Morgan fingerprint density at radius 3 is 2.88 bits per heavy atom. The number of nitrogens with one attached hydrogen (secondary N) is 1. The molecule has 0 bridgehead atoms. The molecule has 1 N–H and O–H groups in total. The molecule has 0 saturated carbocycles. The molecule has 1 saturated heterocycles. The predicted octanol–water partition coefficient (Wildman–Crippen LogP) is -0.757. The molecular weight excluding hydrogens is 208 g/mol. The molecule has 6 nitrogen and oxygen atoms in total. The van der Waals surface area contributed by atoms with Crippen molar-refractivity contribution in [1.82, 2.24) is 20.2 Å². The van der Waals surface area contributed by atoms with Crippen molar-refractivity contribution in [3.63, 3.8) is 0 Å². The van der Waals surface area contributed by atoms with E-state index in [1.807, 2.05) is 6.92 Å². The van der Waals surface area contributed by atoms with E-state index in [1.54, 1.807) is 12.4 Å². The molecule has 0 radical (unpaired) electrons. The van der Waals surface area contributed by atoms with Crippen molar-refractivity contribution >= 4 is 11.8 Å². The van der Waals surface area contributed by atoms with Crippen LogP contribution < -0.4 is 5.32 Å². The van der Waals surface area contributed by atoms with Crippen molar-refractivity contribution in [3.05, 3.63) is 23.8 Å². The number of rotatable bonds is 2. The molecule has 2 heterocycles. The van der Waals surface area contributed by atoms with Crippen molar-refractivity contribution in [3.8, 4) is 0 Å². The highest BCUT2D eigenvalue weighted by molar-refractivity contribution is 5.92. The number of hydrogen-bond acceptors (Lipinski definition) is 4. The molecule has 84 valence electrons. The molecule has 6 heteroatoms. The van der Waals surface area contributed by atoms with Crippen LogP contribution in [-0.2, 0) is 16.1 Å². The van der Waals surface area contributed by atoms with E-state index in [-0.39, 0.29) is 24.9 Å². The molecule has 1 aliphatic rings. The smallest absolute Gasteiger partial charge is 0.242 e. The minimum absolute atomic E-state index is 0.0676. The lowest BCUT2D eigenvalue weighted by Gasteiger charge is -2.26. The summed E-state index contributed by atoms with van der Waals surface area (Å²) in [7, 11) is 0. The Morgan fingerprint density at radius 2 is 2.19 bits per heavy atom. The minimum Gasteiger partial charge on any atom is -0.345 e. The van der Waals surface area contributed by atoms with Gasteiger partial charge in [0.05, 0.1) is 37.2 Å². The summed E-state index contributed by atoms with van der Waals surface area (Å²) in [6, 6.07) is 0. The zero-order valence-electron chi connectivity index (χ0n) is 8.93. The van der Waals surface area contributed by atoms with Gasteiger partial charge in [-0.15, -0.1) is 0 Å². The van der Waals surface area contributed by atoms with Gasteiger partial charge in [-0.1, -0.05) is 0 Å². The summed E-state index contributed by atoms with van der Waals surface area (Å²) in [4.78, 5) is 32.3. The number of nitrogens with zero attached hydrogens (tertiary/aromatic N) is 3. The fourth-order valence-electron chi connectivity index (χ4n) is 1.44. The van der Waals surface area contributed by atoms with Crippen LogP contribution in [0.5, 0.6) is 0 Å². The number of amides is 2. The number of piperazine rings is 1. The lowest BCUT2D eigenvalue weighted by molar-refractivity contribution is -0.141. The predicted molar refractivity (Wildman–Crippen MR) is 55.2 cm³/mol. The molecule has 1 aromatic heterocycles. The first kappa shape index (κ1) is 10.5. The average molecular weight is 220 g/mol. The van der Waals surface area contributed by atoms with E-state index >= 15 is 0 Å². The zero-order chi connectivity index (χ0) is 11.5. The van der Waals surface area contributed by atoms with E-state index in [9.17, 15) is 9.59 Å². The molecule has 0 unspecified atom stereocenters. The number of hydrogen-bond donors (Lipinski definition) is 1. The summed E-state index contributed by atoms with van der Waals surface area (Å²) in [5, 5.41) is 2.49. The largest absolute Gasteiger partial charge is 0.345 e. The molecule has 16 heavy (non-hydrogen) atoms. The normalized spacial score (nSPS) is 16.2. The highest BCUT2D eigenvalue weighted by Gasteiger charge is 2.23. The number of aryl methyl sites for hydroxylation is 1. The third-order valence-corrected chi connectivity index (χ3v) is 2.31. The molecule has 0 aliphatic carbocycles. The lowest BCUT2D eigenvalue weighted by atomic mass is 10.3. The van der Waals surface area contributed by atoms with E-state index in [1.165, 1.54) is 4.90 Å². The summed E-state index contributed by atoms with van der Waals surface area (Å²) < 4.78 is 0. The van der Waals surface area contributed by atoms with Crippen molar-refractivity contribution in [2.45, 2.75) is 13.5 Å².